The van der Waals surface area contributed by atoms with Gasteiger partial charge in [-0.25, -0.2) is 0 Å². The standard InChI is InChI=1S/C13H20O2/c1-5-12(14)11(4)15-13-7-6-9(2)8-10(13)3/h6-8,11-12,14H,5H2,1-4H3. The molecule has 0 saturated heterocycles. The third-order valence-electron chi connectivity index (χ3n) is 2.60. The van der Waals surface area contributed by atoms with Gasteiger partial charge in [-0.1, -0.05) is 24.6 Å². The lowest BCUT2D eigenvalue weighted by Gasteiger charge is -2.20. The summed E-state index contributed by atoms with van der Waals surface area (Å²) in [6.07, 6.45) is 0.161. The lowest BCUT2D eigenvalue weighted by atomic mass is 10.1. The van der Waals surface area contributed by atoms with Crippen LogP contribution in [-0.4, -0.2) is 17.3 Å². The molecule has 1 aromatic carbocycles. The summed E-state index contributed by atoms with van der Waals surface area (Å²) in [5.41, 5.74) is 2.34. The fourth-order valence-electron chi connectivity index (χ4n) is 1.54. The highest BCUT2D eigenvalue weighted by atomic mass is 16.5. The Hall–Kier alpha value is -1.02. The molecule has 1 aromatic rings. The molecule has 0 bridgehead atoms. The summed E-state index contributed by atoms with van der Waals surface area (Å²) in [4.78, 5) is 0. The Morgan fingerprint density at radius 1 is 1.33 bits per heavy atom. The van der Waals surface area contributed by atoms with Gasteiger partial charge in [0.15, 0.2) is 0 Å². The van der Waals surface area contributed by atoms with Crippen molar-refractivity contribution in [1.82, 2.24) is 0 Å². The fraction of sp³-hybridized carbons (Fsp3) is 0.538. The van der Waals surface area contributed by atoms with Crippen molar-refractivity contribution in [3.05, 3.63) is 29.3 Å². The van der Waals surface area contributed by atoms with Crippen molar-refractivity contribution in [2.45, 2.75) is 46.3 Å². The van der Waals surface area contributed by atoms with E-state index in [-0.39, 0.29) is 6.10 Å². The first kappa shape index (κ1) is 12.1. The number of hydrogen-bond acceptors (Lipinski definition) is 2. The smallest absolute Gasteiger partial charge is 0.122 e. The Bertz CT molecular complexity index is 320. The molecule has 2 unspecified atom stereocenters. The number of benzene rings is 1. The van der Waals surface area contributed by atoms with Crippen LogP contribution < -0.4 is 4.74 Å². The van der Waals surface area contributed by atoms with Gasteiger partial charge in [0.1, 0.15) is 11.9 Å². The topological polar surface area (TPSA) is 29.5 Å². The molecule has 1 N–H and O–H groups in total. The van der Waals surface area contributed by atoms with Gasteiger partial charge in [-0.3, -0.25) is 0 Å². The van der Waals surface area contributed by atoms with Crippen molar-refractivity contribution >= 4 is 0 Å². The highest BCUT2D eigenvalue weighted by molar-refractivity contribution is 5.35. The van der Waals surface area contributed by atoms with Gasteiger partial charge in [-0.15, -0.1) is 0 Å². The van der Waals surface area contributed by atoms with Crippen LogP contribution in [0.5, 0.6) is 5.75 Å². The van der Waals surface area contributed by atoms with Gasteiger partial charge in [-0.2, -0.15) is 0 Å². The van der Waals surface area contributed by atoms with Crippen LogP contribution in [0, 0.1) is 13.8 Å². The van der Waals surface area contributed by atoms with Crippen molar-refractivity contribution in [3.63, 3.8) is 0 Å². The van der Waals surface area contributed by atoms with Crippen molar-refractivity contribution < 1.29 is 9.84 Å². The molecule has 0 aliphatic rings. The van der Waals surface area contributed by atoms with Gasteiger partial charge >= 0.3 is 0 Å². The van der Waals surface area contributed by atoms with Crippen molar-refractivity contribution in [2.75, 3.05) is 0 Å². The number of ether oxygens (including phenoxy) is 1. The van der Waals surface area contributed by atoms with Gasteiger partial charge in [0.05, 0.1) is 6.10 Å². The molecule has 0 heterocycles. The van der Waals surface area contributed by atoms with Gasteiger partial charge in [0.25, 0.3) is 0 Å². The molecular formula is C13H20O2. The van der Waals surface area contributed by atoms with Crippen LogP contribution in [0.2, 0.25) is 0 Å². The maximum Gasteiger partial charge on any atom is 0.122 e. The van der Waals surface area contributed by atoms with Gasteiger partial charge in [0.2, 0.25) is 0 Å². The fourth-order valence-corrected chi connectivity index (χ4v) is 1.54. The van der Waals surface area contributed by atoms with E-state index in [9.17, 15) is 5.11 Å². The molecule has 2 heteroatoms. The predicted octanol–water partition coefficient (Wildman–Crippen LogP) is 2.84. The largest absolute Gasteiger partial charge is 0.488 e. The first-order valence-electron chi connectivity index (χ1n) is 5.46. The second-order valence-electron chi connectivity index (χ2n) is 4.07. The second kappa shape index (κ2) is 5.17. The van der Waals surface area contributed by atoms with Crippen LogP contribution >= 0.6 is 0 Å². The van der Waals surface area contributed by atoms with Crippen molar-refractivity contribution in [2.24, 2.45) is 0 Å². The van der Waals surface area contributed by atoms with Gasteiger partial charge < -0.3 is 9.84 Å². The molecule has 0 saturated carbocycles. The van der Waals surface area contributed by atoms with Crippen molar-refractivity contribution in [1.29, 1.82) is 0 Å². The first-order valence-corrected chi connectivity index (χ1v) is 5.46. The van der Waals surface area contributed by atoms with E-state index in [1.807, 2.05) is 32.9 Å². The normalized spacial score (nSPS) is 14.7. The SMILES string of the molecule is CCC(O)C(C)Oc1ccc(C)cc1C. The molecular weight excluding hydrogens is 188 g/mol. The van der Waals surface area contributed by atoms with E-state index >= 15 is 0 Å². The monoisotopic (exact) mass is 208 g/mol. The molecule has 2 nitrogen and oxygen atoms in total. The zero-order valence-corrected chi connectivity index (χ0v) is 9.95. The van der Waals surface area contributed by atoms with Gasteiger partial charge in [0, 0.05) is 0 Å². The number of hydrogen-bond donors (Lipinski definition) is 1. The Balaban J connectivity index is 2.72. The Labute approximate surface area is 91.9 Å². The summed E-state index contributed by atoms with van der Waals surface area (Å²) in [5, 5.41) is 9.61. The summed E-state index contributed by atoms with van der Waals surface area (Å²) >= 11 is 0. The predicted molar refractivity (Wildman–Crippen MR) is 62.3 cm³/mol. The third kappa shape index (κ3) is 3.24. The lowest BCUT2D eigenvalue weighted by molar-refractivity contribution is 0.0447. The Kier molecular flexibility index (Phi) is 4.15. The zero-order valence-electron chi connectivity index (χ0n) is 9.95. The van der Waals surface area contributed by atoms with Crippen LogP contribution in [0.15, 0.2) is 18.2 Å². The van der Waals surface area contributed by atoms with E-state index < -0.39 is 6.10 Å². The molecule has 0 aliphatic carbocycles. The van der Waals surface area contributed by atoms with Gasteiger partial charge in [-0.05, 0) is 38.8 Å². The molecule has 0 aromatic heterocycles. The molecule has 84 valence electrons. The molecule has 0 spiro atoms. The Morgan fingerprint density at radius 3 is 2.53 bits per heavy atom. The van der Waals surface area contributed by atoms with E-state index in [0.29, 0.717) is 6.42 Å². The Morgan fingerprint density at radius 2 is 2.00 bits per heavy atom. The molecule has 15 heavy (non-hydrogen) atoms. The van der Waals surface area contributed by atoms with Crippen LogP contribution in [0.25, 0.3) is 0 Å². The summed E-state index contributed by atoms with van der Waals surface area (Å²) in [6, 6.07) is 6.07. The minimum absolute atomic E-state index is 0.156. The van der Waals surface area contributed by atoms with E-state index in [4.69, 9.17) is 4.74 Å². The van der Waals surface area contributed by atoms with Crippen LogP contribution in [0.4, 0.5) is 0 Å². The van der Waals surface area contributed by atoms with Crippen LogP contribution in [-0.2, 0) is 0 Å². The highest BCUT2D eigenvalue weighted by Crippen LogP contribution is 2.21. The zero-order chi connectivity index (χ0) is 11.4. The van der Waals surface area contributed by atoms with E-state index in [1.165, 1.54) is 5.56 Å². The number of aliphatic hydroxyl groups excluding tert-OH is 1. The molecule has 0 aliphatic heterocycles. The molecule has 0 fully saturated rings. The number of rotatable bonds is 4. The summed E-state index contributed by atoms with van der Waals surface area (Å²) in [7, 11) is 0. The molecule has 0 amide bonds. The van der Waals surface area contributed by atoms with E-state index in [1.54, 1.807) is 0 Å². The second-order valence-corrected chi connectivity index (χ2v) is 4.07. The molecule has 1 rings (SSSR count). The van der Waals surface area contributed by atoms with E-state index in [0.717, 1.165) is 11.3 Å². The summed E-state index contributed by atoms with van der Waals surface area (Å²) < 4.78 is 5.70. The maximum atomic E-state index is 9.61. The van der Waals surface area contributed by atoms with Crippen LogP contribution in [0.3, 0.4) is 0 Å². The summed E-state index contributed by atoms with van der Waals surface area (Å²) in [6.45, 7) is 7.93. The average Bonchev–Trinajstić information content (AvgIpc) is 2.20. The molecule has 2 atom stereocenters. The van der Waals surface area contributed by atoms with Crippen LogP contribution in [0.1, 0.15) is 31.4 Å². The van der Waals surface area contributed by atoms with E-state index in [2.05, 4.69) is 13.0 Å². The summed E-state index contributed by atoms with van der Waals surface area (Å²) in [5.74, 6) is 0.862. The lowest BCUT2D eigenvalue weighted by Crippen LogP contribution is -2.28. The minimum atomic E-state index is -0.397. The third-order valence-corrected chi connectivity index (χ3v) is 2.60. The van der Waals surface area contributed by atoms with Crippen molar-refractivity contribution in [3.8, 4) is 5.75 Å². The average molecular weight is 208 g/mol. The highest BCUT2D eigenvalue weighted by Gasteiger charge is 2.14. The number of aliphatic hydroxyl groups is 1. The molecule has 0 radical (unpaired) electrons. The first-order chi connectivity index (χ1) is 7.04. The minimum Gasteiger partial charge on any atom is -0.488 e. The maximum absolute atomic E-state index is 9.61. The quantitative estimate of drug-likeness (QED) is 0.824. The number of aryl methyl sites for hydroxylation is 2.